The zero-order valence-corrected chi connectivity index (χ0v) is 14.8. The van der Waals surface area contributed by atoms with Crippen molar-refractivity contribution >= 4 is 5.97 Å². The van der Waals surface area contributed by atoms with Gasteiger partial charge in [-0.15, -0.1) is 0 Å². The van der Waals surface area contributed by atoms with E-state index in [4.69, 9.17) is 14.2 Å². The molecule has 2 aromatic rings. The summed E-state index contributed by atoms with van der Waals surface area (Å²) in [5.41, 5.74) is 1.29. The lowest BCUT2D eigenvalue weighted by molar-refractivity contribution is 0.0693. The molecule has 0 fully saturated rings. The fourth-order valence-electron chi connectivity index (χ4n) is 2.55. The first-order valence-corrected chi connectivity index (χ1v) is 8.22. The number of carboxylic acid groups (broad SMARTS) is 1. The zero-order valence-electron chi connectivity index (χ0n) is 14.8. The summed E-state index contributed by atoms with van der Waals surface area (Å²) >= 11 is 0. The number of aromatic carboxylic acids is 1. The number of carboxylic acids is 1. The molecule has 2 rings (SSSR count). The molecule has 0 radical (unpaired) electrons. The molecule has 5 heteroatoms. The van der Waals surface area contributed by atoms with Crippen LogP contribution in [0.2, 0.25) is 0 Å². The molecule has 25 heavy (non-hydrogen) atoms. The maximum Gasteiger partial charge on any atom is 0.335 e. The molecule has 0 saturated heterocycles. The Morgan fingerprint density at radius 1 is 1.00 bits per heavy atom. The van der Waals surface area contributed by atoms with Crippen molar-refractivity contribution in [3.63, 3.8) is 0 Å². The summed E-state index contributed by atoms with van der Waals surface area (Å²) in [5, 5.41) is 9.30. The molecular weight excluding hydrogens is 320 g/mol. The van der Waals surface area contributed by atoms with E-state index in [0.717, 1.165) is 12.0 Å². The summed E-state index contributed by atoms with van der Waals surface area (Å²) in [6, 6.07) is 14.7. The van der Waals surface area contributed by atoms with E-state index < -0.39 is 5.97 Å². The van der Waals surface area contributed by atoms with E-state index in [1.54, 1.807) is 13.2 Å². The summed E-state index contributed by atoms with van der Waals surface area (Å²) < 4.78 is 16.7. The number of ether oxygens (including phenoxy) is 3. The zero-order chi connectivity index (χ0) is 18.2. The molecule has 0 unspecified atom stereocenters. The predicted octanol–water partition coefficient (Wildman–Crippen LogP) is 3.81. The van der Waals surface area contributed by atoms with Gasteiger partial charge in [-0.1, -0.05) is 30.3 Å². The van der Waals surface area contributed by atoms with Gasteiger partial charge in [0, 0.05) is 19.6 Å². The van der Waals surface area contributed by atoms with Crippen LogP contribution in [-0.2, 0) is 11.2 Å². The number of hydrogen-bond donors (Lipinski definition) is 1. The highest BCUT2D eigenvalue weighted by Gasteiger charge is 2.13. The second-order valence-electron chi connectivity index (χ2n) is 6.00. The fraction of sp³-hybridized carbons (Fsp3) is 0.350. The molecule has 0 aliphatic heterocycles. The molecule has 0 aliphatic carbocycles. The number of hydrogen-bond acceptors (Lipinski definition) is 4. The number of benzene rings is 2. The second-order valence-corrected chi connectivity index (χ2v) is 6.00. The molecule has 2 aromatic carbocycles. The highest BCUT2D eigenvalue weighted by atomic mass is 16.5. The highest BCUT2D eigenvalue weighted by Crippen LogP contribution is 2.25. The van der Waals surface area contributed by atoms with Crippen LogP contribution in [0.5, 0.6) is 11.5 Å². The number of rotatable bonds is 9. The number of carbonyl (C=O) groups is 1. The van der Waals surface area contributed by atoms with Crippen molar-refractivity contribution in [2.45, 2.75) is 32.5 Å². The van der Waals surface area contributed by atoms with Gasteiger partial charge in [0.2, 0.25) is 0 Å². The normalized spacial score (nSPS) is 13.1. The van der Waals surface area contributed by atoms with Crippen molar-refractivity contribution in [3.8, 4) is 11.5 Å². The minimum Gasteiger partial charge on any atom is -0.490 e. The Kier molecular flexibility index (Phi) is 6.83. The van der Waals surface area contributed by atoms with Crippen LogP contribution < -0.4 is 9.47 Å². The van der Waals surface area contributed by atoms with Gasteiger partial charge in [-0.2, -0.15) is 0 Å². The summed E-state index contributed by atoms with van der Waals surface area (Å²) in [4.78, 5) is 11.4. The van der Waals surface area contributed by atoms with E-state index in [9.17, 15) is 9.90 Å². The van der Waals surface area contributed by atoms with Gasteiger partial charge in [-0.3, -0.25) is 0 Å². The van der Waals surface area contributed by atoms with Gasteiger partial charge in [0.05, 0.1) is 18.3 Å². The minimum atomic E-state index is -1.02. The summed E-state index contributed by atoms with van der Waals surface area (Å²) in [7, 11) is 1.59. The Labute approximate surface area is 148 Å². The van der Waals surface area contributed by atoms with Crippen molar-refractivity contribution in [1.82, 2.24) is 0 Å². The molecule has 134 valence electrons. The van der Waals surface area contributed by atoms with Gasteiger partial charge in [0.1, 0.15) is 17.6 Å². The van der Waals surface area contributed by atoms with E-state index >= 15 is 0 Å². The van der Waals surface area contributed by atoms with Crippen molar-refractivity contribution in [1.29, 1.82) is 0 Å². The van der Waals surface area contributed by atoms with E-state index in [0.29, 0.717) is 18.1 Å². The van der Waals surface area contributed by atoms with Crippen LogP contribution in [-0.4, -0.2) is 37.0 Å². The monoisotopic (exact) mass is 344 g/mol. The first-order valence-electron chi connectivity index (χ1n) is 8.22. The highest BCUT2D eigenvalue weighted by molar-refractivity contribution is 5.88. The molecule has 0 saturated carbocycles. The Hall–Kier alpha value is -2.53. The van der Waals surface area contributed by atoms with Crippen molar-refractivity contribution < 1.29 is 24.1 Å². The molecule has 1 N–H and O–H groups in total. The van der Waals surface area contributed by atoms with Gasteiger partial charge < -0.3 is 19.3 Å². The van der Waals surface area contributed by atoms with Gasteiger partial charge in [-0.25, -0.2) is 4.79 Å². The molecular formula is C20H24O5. The molecule has 0 bridgehead atoms. The van der Waals surface area contributed by atoms with Crippen molar-refractivity contribution in [2.75, 3.05) is 13.7 Å². The lowest BCUT2D eigenvalue weighted by Gasteiger charge is -2.18. The van der Waals surface area contributed by atoms with Crippen LogP contribution in [0.15, 0.2) is 48.5 Å². The number of methoxy groups -OCH3 is 1. The largest absolute Gasteiger partial charge is 0.490 e. The lowest BCUT2D eigenvalue weighted by Crippen LogP contribution is -2.19. The van der Waals surface area contributed by atoms with Crippen molar-refractivity contribution in [3.05, 3.63) is 59.7 Å². The summed E-state index contributed by atoms with van der Waals surface area (Å²) in [6.45, 7) is 4.22. The van der Waals surface area contributed by atoms with E-state index in [-0.39, 0.29) is 17.8 Å². The Bertz CT molecular complexity index is 684. The molecule has 0 heterocycles. The van der Waals surface area contributed by atoms with E-state index in [1.807, 2.05) is 44.2 Å². The van der Waals surface area contributed by atoms with Gasteiger partial charge in [0.25, 0.3) is 0 Å². The van der Waals surface area contributed by atoms with Crippen LogP contribution in [0.1, 0.15) is 29.8 Å². The third-order valence-corrected chi connectivity index (χ3v) is 3.57. The first-order chi connectivity index (χ1) is 12.0. The Balaban J connectivity index is 2.12. The molecule has 0 spiro atoms. The van der Waals surface area contributed by atoms with Gasteiger partial charge in [0.15, 0.2) is 0 Å². The van der Waals surface area contributed by atoms with Gasteiger partial charge >= 0.3 is 5.97 Å². The van der Waals surface area contributed by atoms with Crippen molar-refractivity contribution in [2.24, 2.45) is 0 Å². The third kappa shape index (κ3) is 6.12. The Morgan fingerprint density at radius 2 is 1.60 bits per heavy atom. The van der Waals surface area contributed by atoms with E-state index in [2.05, 4.69) is 0 Å². The topological polar surface area (TPSA) is 65.0 Å². The lowest BCUT2D eigenvalue weighted by atomic mass is 10.1. The summed E-state index contributed by atoms with van der Waals surface area (Å²) in [6.07, 6.45) is 0.438. The minimum absolute atomic E-state index is 0.101. The quantitative estimate of drug-likeness (QED) is 0.749. The maximum absolute atomic E-state index is 11.4. The molecule has 0 aliphatic rings. The average molecular weight is 344 g/mol. The predicted molar refractivity (Wildman–Crippen MR) is 95.6 cm³/mol. The maximum atomic E-state index is 11.4. The van der Waals surface area contributed by atoms with Crippen LogP contribution in [0.3, 0.4) is 0 Å². The molecule has 5 nitrogen and oxygen atoms in total. The Morgan fingerprint density at radius 3 is 2.16 bits per heavy atom. The standard InChI is InChI=1S/C20H24O5/c1-14(9-16-7-5-4-6-8-16)24-18-10-17(20(21)22)11-19(12-18)25-15(2)13-23-3/h4-8,10-12,14-15H,9,13H2,1-3H3,(H,21,22)/t14-,15-/m0/s1. The molecule has 2 atom stereocenters. The van der Waals surface area contributed by atoms with Gasteiger partial charge in [-0.05, 0) is 31.5 Å². The van der Waals surface area contributed by atoms with E-state index in [1.165, 1.54) is 12.1 Å². The third-order valence-electron chi connectivity index (χ3n) is 3.57. The van der Waals surface area contributed by atoms with Crippen LogP contribution in [0.4, 0.5) is 0 Å². The molecule has 0 aromatic heterocycles. The molecule has 0 amide bonds. The SMILES string of the molecule is COC[C@H](C)Oc1cc(O[C@@H](C)Cc2ccccc2)cc(C(=O)O)c1. The average Bonchev–Trinajstić information content (AvgIpc) is 2.55. The summed E-state index contributed by atoms with van der Waals surface area (Å²) in [5.74, 6) is -0.0975. The second kappa shape index (κ2) is 9.08. The van der Waals surface area contributed by atoms with Crippen LogP contribution in [0, 0.1) is 0 Å². The van der Waals surface area contributed by atoms with Crippen LogP contribution in [0.25, 0.3) is 0 Å². The van der Waals surface area contributed by atoms with Crippen LogP contribution >= 0.6 is 0 Å². The fourth-order valence-corrected chi connectivity index (χ4v) is 2.55. The first kappa shape index (κ1) is 18.8. The smallest absolute Gasteiger partial charge is 0.335 e.